The zero-order chi connectivity index (χ0) is 15.6. The van der Waals surface area contributed by atoms with Gasteiger partial charge in [-0.1, -0.05) is 0 Å². The molecule has 1 aromatic carbocycles. The van der Waals surface area contributed by atoms with Crippen LogP contribution >= 0.6 is 0 Å². The maximum absolute atomic E-state index is 6.01. The number of nitrogens with one attached hydrogen (secondary N) is 1. The van der Waals surface area contributed by atoms with Crippen molar-refractivity contribution in [3.63, 3.8) is 0 Å². The molecule has 0 saturated heterocycles. The van der Waals surface area contributed by atoms with Crippen molar-refractivity contribution in [2.45, 2.75) is 26.4 Å². The highest BCUT2D eigenvalue weighted by Gasteiger charge is 2.14. The van der Waals surface area contributed by atoms with E-state index in [1.165, 1.54) is 0 Å². The van der Waals surface area contributed by atoms with Gasteiger partial charge in [-0.2, -0.15) is 5.10 Å². The van der Waals surface area contributed by atoms with Gasteiger partial charge in [0.2, 0.25) is 0 Å². The molecule has 6 heteroatoms. The molecule has 114 valence electrons. The molecule has 0 fully saturated rings. The van der Waals surface area contributed by atoms with Crippen molar-refractivity contribution < 1.29 is 0 Å². The number of anilines is 4. The first-order valence-corrected chi connectivity index (χ1v) is 7.03. The van der Waals surface area contributed by atoms with Crippen LogP contribution in [-0.2, 0) is 6.54 Å². The van der Waals surface area contributed by atoms with E-state index in [1.54, 1.807) is 4.68 Å². The van der Waals surface area contributed by atoms with E-state index in [-0.39, 0.29) is 6.04 Å². The molecule has 1 heterocycles. The summed E-state index contributed by atoms with van der Waals surface area (Å²) >= 11 is 0. The van der Waals surface area contributed by atoms with Gasteiger partial charge in [0, 0.05) is 31.5 Å². The number of nitrogen functional groups attached to an aromatic ring is 2. The Kier molecular flexibility index (Phi) is 4.26. The van der Waals surface area contributed by atoms with E-state index in [4.69, 9.17) is 11.5 Å². The molecule has 0 aliphatic rings. The smallest absolute Gasteiger partial charge is 0.145 e. The number of hydrogen-bond acceptors (Lipinski definition) is 5. The van der Waals surface area contributed by atoms with Gasteiger partial charge in [-0.25, -0.2) is 4.68 Å². The average Bonchev–Trinajstić information content (AvgIpc) is 2.73. The molecule has 0 aliphatic heterocycles. The summed E-state index contributed by atoms with van der Waals surface area (Å²) in [6.45, 7) is 4.61. The van der Waals surface area contributed by atoms with E-state index in [9.17, 15) is 0 Å². The third-order valence-electron chi connectivity index (χ3n) is 3.39. The lowest BCUT2D eigenvalue weighted by Crippen LogP contribution is -2.09. The molecule has 2 aromatic rings. The molecule has 0 unspecified atom stereocenters. The van der Waals surface area contributed by atoms with Crippen LogP contribution in [0.25, 0.3) is 0 Å². The van der Waals surface area contributed by atoms with Crippen LogP contribution in [0, 0.1) is 0 Å². The minimum Gasteiger partial charge on any atom is -0.394 e. The van der Waals surface area contributed by atoms with Crippen molar-refractivity contribution in [2.75, 3.05) is 35.8 Å². The highest BCUT2D eigenvalue weighted by molar-refractivity contribution is 5.63. The highest BCUT2D eigenvalue weighted by atomic mass is 15.3. The molecule has 2 rings (SSSR count). The van der Waals surface area contributed by atoms with Crippen LogP contribution in [-0.4, -0.2) is 23.9 Å². The van der Waals surface area contributed by atoms with Gasteiger partial charge in [0.25, 0.3) is 0 Å². The zero-order valence-electron chi connectivity index (χ0n) is 13.1. The van der Waals surface area contributed by atoms with Gasteiger partial charge in [-0.3, -0.25) is 0 Å². The predicted octanol–water partition coefficient (Wildman–Crippen LogP) is 2.31. The van der Waals surface area contributed by atoms with Crippen molar-refractivity contribution in [3.8, 4) is 0 Å². The molecular formula is C15H24N6. The quantitative estimate of drug-likeness (QED) is 0.786. The van der Waals surface area contributed by atoms with E-state index in [0.717, 1.165) is 17.1 Å². The van der Waals surface area contributed by atoms with Crippen molar-refractivity contribution in [2.24, 2.45) is 0 Å². The molecule has 0 saturated carbocycles. The van der Waals surface area contributed by atoms with Gasteiger partial charge in [0.15, 0.2) is 0 Å². The summed E-state index contributed by atoms with van der Waals surface area (Å²) in [5.74, 6) is 0.532. The SMILES string of the molecule is CC(C)n1nc(CNc2ccc(N(C)C)cc2)c(N)c1N. The van der Waals surface area contributed by atoms with Gasteiger partial charge >= 0.3 is 0 Å². The molecule has 0 atom stereocenters. The number of hydrogen-bond donors (Lipinski definition) is 3. The number of aromatic nitrogens is 2. The number of nitrogens with two attached hydrogens (primary N) is 2. The maximum Gasteiger partial charge on any atom is 0.145 e. The van der Waals surface area contributed by atoms with Gasteiger partial charge in [0.05, 0.1) is 12.2 Å². The van der Waals surface area contributed by atoms with Crippen molar-refractivity contribution >= 4 is 22.9 Å². The molecule has 6 nitrogen and oxygen atoms in total. The second-order valence-corrected chi connectivity index (χ2v) is 5.58. The molecule has 0 amide bonds. The molecule has 0 aliphatic carbocycles. The Balaban J connectivity index is 2.08. The summed E-state index contributed by atoms with van der Waals surface area (Å²) in [7, 11) is 4.04. The standard InChI is InChI=1S/C15H24N6/c1-10(2)21-15(17)14(16)13(19-21)9-18-11-5-7-12(8-6-11)20(3)4/h5-8,10,18H,9,16-17H2,1-4H3. The summed E-state index contributed by atoms with van der Waals surface area (Å²) < 4.78 is 1.75. The number of benzene rings is 1. The van der Waals surface area contributed by atoms with E-state index in [1.807, 2.05) is 40.1 Å². The molecule has 1 aromatic heterocycles. The summed E-state index contributed by atoms with van der Waals surface area (Å²) in [5.41, 5.74) is 15.5. The Morgan fingerprint density at radius 2 is 1.81 bits per heavy atom. The Morgan fingerprint density at radius 1 is 1.19 bits per heavy atom. The summed E-state index contributed by atoms with van der Waals surface area (Å²) in [6.07, 6.45) is 0. The second-order valence-electron chi connectivity index (χ2n) is 5.58. The Hall–Kier alpha value is -2.37. The fourth-order valence-electron chi connectivity index (χ4n) is 2.10. The van der Waals surface area contributed by atoms with Gasteiger partial charge < -0.3 is 21.7 Å². The summed E-state index contributed by atoms with van der Waals surface area (Å²) in [4.78, 5) is 2.06. The minimum atomic E-state index is 0.195. The Labute approximate surface area is 125 Å². The monoisotopic (exact) mass is 288 g/mol. The third-order valence-corrected chi connectivity index (χ3v) is 3.39. The van der Waals surface area contributed by atoms with Crippen molar-refractivity contribution in [3.05, 3.63) is 30.0 Å². The van der Waals surface area contributed by atoms with Crippen LogP contribution in [0.4, 0.5) is 22.9 Å². The van der Waals surface area contributed by atoms with Crippen LogP contribution in [0.1, 0.15) is 25.6 Å². The molecule has 5 N–H and O–H groups in total. The Bertz CT molecular complexity index is 597. The van der Waals surface area contributed by atoms with Gasteiger partial charge in [-0.15, -0.1) is 0 Å². The van der Waals surface area contributed by atoms with Crippen LogP contribution in [0.3, 0.4) is 0 Å². The maximum atomic E-state index is 6.01. The lowest BCUT2D eigenvalue weighted by atomic mass is 10.2. The van der Waals surface area contributed by atoms with Crippen molar-refractivity contribution in [1.82, 2.24) is 9.78 Å². The minimum absolute atomic E-state index is 0.195. The first-order valence-electron chi connectivity index (χ1n) is 7.03. The molecule has 0 radical (unpaired) electrons. The second kappa shape index (κ2) is 5.95. The third kappa shape index (κ3) is 3.21. The number of nitrogens with zero attached hydrogens (tertiary/aromatic N) is 3. The molecular weight excluding hydrogens is 264 g/mol. The lowest BCUT2D eigenvalue weighted by Gasteiger charge is -2.13. The first kappa shape index (κ1) is 15.0. The predicted molar refractivity (Wildman–Crippen MR) is 89.5 cm³/mol. The van der Waals surface area contributed by atoms with Crippen LogP contribution in [0.5, 0.6) is 0 Å². The van der Waals surface area contributed by atoms with Crippen LogP contribution < -0.4 is 21.7 Å². The molecule has 21 heavy (non-hydrogen) atoms. The highest BCUT2D eigenvalue weighted by Crippen LogP contribution is 2.24. The topological polar surface area (TPSA) is 85.1 Å². The summed E-state index contributed by atoms with van der Waals surface area (Å²) in [6, 6.07) is 8.39. The first-order chi connectivity index (χ1) is 9.90. The van der Waals surface area contributed by atoms with E-state index in [2.05, 4.69) is 27.4 Å². The van der Waals surface area contributed by atoms with Crippen molar-refractivity contribution in [1.29, 1.82) is 0 Å². The average molecular weight is 288 g/mol. The normalized spacial score (nSPS) is 10.9. The van der Waals surface area contributed by atoms with Crippen LogP contribution in [0.2, 0.25) is 0 Å². The van der Waals surface area contributed by atoms with Gasteiger partial charge in [-0.05, 0) is 38.1 Å². The van der Waals surface area contributed by atoms with Crippen LogP contribution in [0.15, 0.2) is 24.3 Å². The molecule has 0 spiro atoms. The zero-order valence-corrected chi connectivity index (χ0v) is 13.1. The fraction of sp³-hybridized carbons (Fsp3) is 0.400. The Morgan fingerprint density at radius 3 is 2.29 bits per heavy atom. The number of rotatable bonds is 5. The molecule has 0 bridgehead atoms. The lowest BCUT2D eigenvalue weighted by molar-refractivity contribution is 0.535. The fourth-order valence-corrected chi connectivity index (χ4v) is 2.10. The summed E-state index contributed by atoms with van der Waals surface area (Å²) in [5, 5.41) is 7.78. The van der Waals surface area contributed by atoms with E-state index in [0.29, 0.717) is 18.1 Å². The van der Waals surface area contributed by atoms with E-state index >= 15 is 0 Å². The van der Waals surface area contributed by atoms with Gasteiger partial charge in [0.1, 0.15) is 11.5 Å². The van der Waals surface area contributed by atoms with E-state index < -0.39 is 0 Å². The largest absolute Gasteiger partial charge is 0.394 e.